The number of halogens is 1. The predicted molar refractivity (Wildman–Crippen MR) is 80.2 cm³/mol. The van der Waals surface area contributed by atoms with Gasteiger partial charge in [-0.25, -0.2) is 18.1 Å². The number of nitrogens with one attached hydrogen (secondary N) is 1. The molecule has 3 N–H and O–H groups in total. The maximum atomic E-state index is 12.3. The number of sulfonamides is 1. The quantitative estimate of drug-likeness (QED) is 0.826. The molecule has 1 atom stereocenters. The van der Waals surface area contributed by atoms with Gasteiger partial charge in [0.1, 0.15) is 10.7 Å². The molecule has 1 aromatic heterocycles. The number of hydrogen-bond donors (Lipinski definition) is 2. The lowest BCUT2D eigenvalue weighted by molar-refractivity contribution is 0.391. The molecule has 0 aromatic carbocycles. The average Bonchev–Trinajstić information content (AvgIpc) is 2.33. The van der Waals surface area contributed by atoms with Gasteiger partial charge >= 0.3 is 0 Å². The first-order chi connectivity index (χ1) is 8.81. The van der Waals surface area contributed by atoms with Crippen molar-refractivity contribution in [2.75, 3.05) is 5.73 Å². The summed E-state index contributed by atoms with van der Waals surface area (Å²) in [4.78, 5) is 3.86. The Labute approximate surface area is 123 Å². The molecule has 1 rings (SSSR count). The summed E-state index contributed by atoms with van der Waals surface area (Å²) in [5.41, 5.74) is 5.64. The van der Waals surface area contributed by atoms with Crippen LogP contribution >= 0.6 is 15.9 Å². The van der Waals surface area contributed by atoms with Crippen molar-refractivity contribution in [1.82, 2.24) is 9.71 Å². The van der Waals surface area contributed by atoms with Gasteiger partial charge in [-0.15, -0.1) is 0 Å². The number of pyridine rings is 1. The Bertz CT molecular complexity index is 530. The van der Waals surface area contributed by atoms with Gasteiger partial charge in [0.05, 0.1) is 0 Å². The highest BCUT2D eigenvalue weighted by Crippen LogP contribution is 2.22. The first-order valence-corrected chi connectivity index (χ1v) is 8.52. The van der Waals surface area contributed by atoms with Gasteiger partial charge < -0.3 is 5.73 Å². The lowest BCUT2D eigenvalue weighted by atomic mass is 9.96. The van der Waals surface area contributed by atoms with Gasteiger partial charge in [0.15, 0.2) is 0 Å². The summed E-state index contributed by atoms with van der Waals surface area (Å²) in [6.45, 7) is 5.97. The standard InChI is InChI=1S/C12H20BrN3O2S/c1-4-9(5-2)8(3)16-19(17,18)11-6-10(13)7-15-12(11)14/h6-9,16H,4-5H2,1-3H3,(H2,14,15). The summed E-state index contributed by atoms with van der Waals surface area (Å²) >= 11 is 3.20. The third kappa shape index (κ3) is 4.15. The summed E-state index contributed by atoms with van der Waals surface area (Å²) in [5, 5.41) is 0. The van der Waals surface area contributed by atoms with Gasteiger partial charge in [-0.05, 0) is 34.8 Å². The van der Waals surface area contributed by atoms with Crippen LogP contribution in [0.5, 0.6) is 0 Å². The van der Waals surface area contributed by atoms with Crippen LogP contribution in [-0.4, -0.2) is 19.4 Å². The molecule has 108 valence electrons. The van der Waals surface area contributed by atoms with Crippen molar-refractivity contribution in [3.63, 3.8) is 0 Å². The van der Waals surface area contributed by atoms with Crippen LogP contribution in [0.15, 0.2) is 21.6 Å². The highest BCUT2D eigenvalue weighted by Gasteiger charge is 2.24. The molecule has 0 aliphatic heterocycles. The minimum atomic E-state index is -3.65. The van der Waals surface area contributed by atoms with Crippen LogP contribution in [0.2, 0.25) is 0 Å². The van der Waals surface area contributed by atoms with Crippen molar-refractivity contribution in [2.45, 2.75) is 44.6 Å². The van der Waals surface area contributed by atoms with E-state index in [2.05, 4.69) is 25.6 Å². The third-order valence-corrected chi connectivity index (χ3v) is 5.26. The third-order valence-electron chi connectivity index (χ3n) is 3.23. The first-order valence-electron chi connectivity index (χ1n) is 6.25. The maximum Gasteiger partial charge on any atom is 0.244 e. The van der Waals surface area contributed by atoms with Crippen LogP contribution in [0, 0.1) is 5.92 Å². The molecule has 0 aliphatic carbocycles. The normalized spacial score (nSPS) is 13.7. The number of aromatic nitrogens is 1. The van der Waals surface area contributed by atoms with Crippen molar-refractivity contribution in [1.29, 1.82) is 0 Å². The van der Waals surface area contributed by atoms with Gasteiger partial charge in [-0.1, -0.05) is 26.7 Å². The molecule has 0 fully saturated rings. The predicted octanol–water partition coefficient (Wildman–Crippen LogP) is 2.53. The van der Waals surface area contributed by atoms with Crippen LogP contribution in [0.25, 0.3) is 0 Å². The Kier molecular flexibility index (Phi) is 5.76. The van der Waals surface area contributed by atoms with E-state index in [1.165, 1.54) is 12.3 Å². The van der Waals surface area contributed by atoms with E-state index in [9.17, 15) is 8.42 Å². The zero-order chi connectivity index (χ0) is 14.6. The topological polar surface area (TPSA) is 85.1 Å². The van der Waals surface area contributed by atoms with Gasteiger partial charge in [0, 0.05) is 16.7 Å². The highest BCUT2D eigenvalue weighted by molar-refractivity contribution is 9.10. The minimum Gasteiger partial charge on any atom is -0.383 e. The van der Waals surface area contributed by atoms with E-state index in [4.69, 9.17) is 5.73 Å². The molecular formula is C12H20BrN3O2S. The highest BCUT2D eigenvalue weighted by atomic mass is 79.9. The number of nitrogens with zero attached hydrogens (tertiary/aromatic N) is 1. The van der Waals surface area contributed by atoms with Gasteiger partial charge in [-0.3, -0.25) is 0 Å². The maximum absolute atomic E-state index is 12.3. The Morgan fingerprint density at radius 2 is 2.00 bits per heavy atom. The van der Waals surface area contributed by atoms with E-state index in [1.54, 1.807) is 0 Å². The Morgan fingerprint density at radius 3 is 2.53 bits per heavy atom. The molecule has 0 aliphatic rings. The second-order valence-corrected chi connectivity index (χ2v) is 7.12. The van der Waals surface area contributed by atoms with Gasteiger partial charge in [0.25, 0.3) is 0 Å². The second kappa shape index (κ2) is 6.67. The number of hydrogen-bond acceptors (Lipinski definition) is 4. The number of anilines is 1. The summed E-state index contributed by atoms with van der Waals surface area (Å²) in [6.07, 6.45) is 3.32. The van der Waals surface area contributed by atoms with Crippen molar-refractivity contribution in [2.24, 2.45) is 5.92 Å². The molecule has 7 heteroatoms. The van der Waals surface area contributed by atoms with Crippen molar-refractivity contribution in [3.05, 3.63) is 16.7 Å². The van der Waals surface area contributed by atoms with Crippen LogP contribution in [0.1, 0.15) is 33.6 Å². The molecule has 0 spiro atoms. The Morgan fingerprint density at radius 1 is 1.42 bits per heavy atom. The number of nitrogens with two attached hydrogens (primary N) is 1. The minimum absolute atomic E-state index is 0.00690. The first kappa shape index (κ1) is 16.4. The largest absolute Gasteiger partial charge is 0.383 e. The fraction of sp³-hybridized carbons (Fsp3) is 0.583. The van der Waals surface area contributed by atoms with Crippen LogP contribution < -0.4 is 10.5 Å². The smallest absolute Gasteiger partial charge is 0.244 e. The summed E-state index contributed by atoms with van der Waals surface area (Å²) in [7, 11) is -3.65. The molecule has 0 saturated heterocycles. The number of nitrogen functional groups attached to an aromatic ring is 1. The van der Waals surface area contributed by atoms with E-state index in [1.807, 2.05) is 20.8 Å². The monoisotopic (exact) mass is 349 g/mol. The molecule has 1 unspecified atom stereocenters. The van der Waals surface area contributed by atoms with E-state index in [0.717, 1.165) is 12.8 Å². The molecule has 19 heavy (non-hydrogen) atoms. The number of rotatable bonds is 6. The van der Waals surface area contributed by atoms with Gasteiger partial charge in [0.2, 0.25) is 10.0 Å². The summed E-state index contributed by atoms with van der Waals surface area (Å²) in [5.74, 6) is 0.309. The summed E-state index contributed by atoms with van der Waals surface area (Å²) < 4.78 is 27.9. The van der Waals surface area contributed by atoms with E-state index in [-0.39, 0.29) is 16.8 Å². The molecule has 1 heterocycles. The van der Waals surface area contributed by atoms with Crippen molar-refractivity contribution >= 4 is 31.8 Å². The van der Waals surface area contributed by atoms with E-state index in [0.29, 0.717) is 10.4 Å². The second-order valence-electron chi connectivity index (χ2n) is 4.52. The lowest BCUT2D eigenvalue weighted by Gasteiger charge is -2.22. The van der Waals surface area contributed by atoms with E-state index >= 15 is 0 Å². The summed E-state index contributed by atoms with van der Waals surface area (Å²) in [6, 6.07) is 1.32. The molecule has 5 nitrogen and oxygen atoms in total. The average molecular weight is 350 g/mol. The fourth-order valence-corrected chi connectivity index (χ4v) is 3.95. The van der Waals surface area contributed by atoms with E-state index < -0.39 is 10.0 Å². The van der Waals surface area contributed by atoms with Crippen LogP contribution in [-0.2, 0) is 10.0 Å². The molecular weight excluding hydrogens is 330 g/mol. The van der Waals surface area contributed by atoms with Crippen LogP contribution in [0.3, 0.4) is 0 Å². The molecule has 0 amide bonds. The van der Waals surface area contributed by atoms with Crippen LogP contribution in [0.4, 0.5) is 5.82 Å². The lowest BCUT2D eigenvalue weighted by Crippen LogP contribution is -2.38. The van der Waals surface area contributed by atoms with Crippen molar-refractivity contribution in [3.8, 4) is 0 Å². The SMILES string of the molecule is CCC(CC)C(C)NS(=O)(=O)c1cc(Br)cnc1N. The molecule has 0 radical (unpaired) electrons. The Balaban J connectivity index is 3.01. The molecule has 0 saturated carbocycles. The Hall–Kier alpha value is -0.660. The molecule has 0 bridgehead atoms. The molecule has 1 aromatic rings. The zero-order valence-corrected chi connectivity index (χ0v) is 13.8. The van der Waals surface area contributed by atoms with Crippen molar-refractivity contribution < 1.29 is 8.42 Å². The van der Waals surface area contributed by atoms with Gasteiger partial charge in [-0.2, -0.15) is 0 Å². The fourth-order valence-electron chi connectivity index (χ4n) is 2.05. The zero-order valence-electron chi connectivity index (χ0n) is 11.4.